The lowest BCUT2D eigenvalue weighted by Gasteiger charge is -2.29. The minimum absolute atomic E-state index is 0.531. The molecule has 2 heteroatoms. The fourth-order valence-electron chi connectivity index (χ4n) is 2.74. The summed E-state index contributed by atoms with van der Waals surface area (Å²) < 4.78 is 0. The van der Waals surface area contributed by atoms with Gasteiger partial charge in [-0.2, -0.15) is 0 Å². The van der Waals surface area contributed by atoms with Crippen LogP contribution in [0.4, 0.5) is 0 Å². The van der Waals surface area contributed by atoms with E-state index in [9.17, 15) is 0 Å². The van der Waals surface area contributed by atoms with Crippen molar-refractivity contribution >= 4 is 0 Å². The van der Waals surface area contributed by atoms with E-state index in [0.29, 0.717) is 5.54 Å². The summed E-state index contributed by atoms with van der Waals surface area (Å²) in [4.78, 5) is 2.59. The molecule has 0 aromatic carbocycles. The van der Waals surface area contributed by atoms with E-state index in [2.05, 4.69) is 24.3 Å². The third-order valence-electron chi connectivity index (χ3n) is 4.18. The largest absolute Gasteiger partial charge is 0.314 e. The summed E-state index contributed by atoms with van der Waals surface area (Å²) in [5.74, 6) is 0. The van der Waals surface area contributed by atoms with E-state index in [1.165, 1.54) is 51.5 Å². The van der Waals surface area contributed by atoms with Crippen LogP contribution in [-0.4, -0.2) is 37.1 Å². The van der Waals surface area contributed by atoms with Gasteiger partial charge in [-0.3, -0.25) is 0 Å². The Morgan fingerprint density at radius 2 is 2.07 bits per heavy atom. The monoisotopic (exact) mass is 196 g/mol. The summed E-state index contributed by atoms with van der Waals surface area (Å²) in [6.45, 7) is 1.31. The van der Waals surface area contributed by atoms with Gasteiger partial charge in [0, 0.05) is 11.6 Å². The van der Waals surface area contributed by atoms with Crippen LogP contribution in [0.3, 0.4) is 0 Å². The van der Waals surface area contributed by atoms with Crippen molar-refractivity contribution in [1.82, 2.24) is 10.2 Å². The van der Waals surface area contributed by atoms with Gasteiger partial charge in [-0.15, -0.1) is 0 Å². The van der Waals surface area contributed by atoms with Gasteiger partial charge in [-0.25, -0.2) is 0 Å². The van der Waals surface area contributed by atoms with Gasteiger partial charge in [0.05, 0.1) is 0 Å². The summed E-state index contributed by atoms with van der Waals surface area (Å²) in [6.07, 6.45) is 9.86. The fraction of sp³-hybridized carbons (Fsp3) is 1.00. The zero-order chi connectivity index (χ0) is 10.0. The lowest BCUT2D eigenvalue weighted by Crippen LogP contribution is -2.39. The summed E-state index contributed by atoms with van der Waals surface area (Å²) in [6, 6.07) is 0.840. The predicted octanol–water partition coefficient (Wildman–Crippen LogP) is 2.00. The van der Waals surface area contributed by atoms with Gasteiger partial charge in [-0.1, -0.05) is 12.8 Å². The molecule has 1 unspecified atom stereocenters. The maximum Gasteiger partial charge on any atom is 0.0194 e. The Hall–Kier alpha value is -0.0800. The molecule has 1 N–H and O–H groups in total. The first-order chi connectivity index (χ1) is 6.76. The fourth-order valence-corrected chi connectivity index (χ4v) is 2.74. The summed E-state index contributed by atoms with van der Waals surface area (Å²) in [5.41, 5.74) is 0.531. The summed E-state index contributed by atoms with van der Waals surface area (Å²) in [5, 5.41) is 3.51. The molecule has 2 fully saturated rings. The highest BCUT2D eigenvalue weighted by Crippen LogP contribution is 2.41. The topological polar surface area (TPSA) is 15.3 Å². The molecule has 1 aliphatic heterocycles. The highest BCUT2D eigenvalue weighted by Gasteiger charge is 2.43. The number of likely N-dealkylation sites (tertiary alicyclic amines) is 1. The Morgan fingerprint density at radius 3 is 2.71 bits per heavy atom. The number of hydrogen-bond acceptors (Lipinski definition) is 2. The molecule has 2 nitrogen and oxygen atoms in total. The first-order valence-corrected chi connectivity index (χ1v) is 6.15. The van der Waals surface area contributed by atoms with E-state index in [1.54, 1.807) is 0 Å². The molecule has 1 saturated carbocycles. The quantitative estimate of drug-likeness (QED) is 0.743. The average Bonchev–Trinajstić information content (AvgIpc) is 2.97. The molecule has 2 aliphatic rings. The molecule has 0 amide bonds. The van der Waals surface area contributed by atoms with Crippen molar-refractivity contribution in [2.24, 2.45) is 0 Å². The average molecular weight is 196 g/mol. The SMILES string of the molecule is CNC1(CC2CCCCCN2C)CC1. The van der Waals surface area contributed by atoms with Gasteiger partial charge in [0.1, 0.15) is 0 Å². The molecule has 0 bridgehead atoms. The van der Waals surface area contributed by atoms with Gasteiger partial charge in [0.25, 0.3) is 0 Å². The van der Waals surface area contributed by atoms with Crippen molar-refractivity contribution < 1.29 is 0 Å². The van der Waals surface area contributed by atoms with E-state index < -0.39 is 0 Å². The van der Waals surface area contributed by atoms with Crippen LogP contribution in [0.25, 0.3) is 0 Å². The molecule has 1 heterocycles. The first kappa shape index (κ1) is 10.4. The van der Waals surface area contributed by atoms with Crippen molar-refractivity contribution in [1.29, 1.82) is 0 Å². The molecule has 0 aromatic rings. The van der Waals surface area contributed by atoms with Gasteiger partial charge >= 0.3 is 0 Å². The normalized spacial score (nSPS) is 32.6. The minimum Gasteiger partial charge on any atom is -0.314 e. The van der Waals surface area contributed by atoms with Crippen LogP contribution in [-0.2, 0) is 0 Å². The lowest BCUT2D eigenvalue weighted by molar-refractivity contribution is 0.212. The van der Waals surface area contributed by atoms with Crippen LogP contribution in [0.2, 0.25) is 0 Å². The van der Waals surface area contributed by atoms with Crippen LogP contribution >= 0.6 is 0 Å². The maximum atomic E-state index is 3.51. The van der Waals surface area contributed by atoms with E-state index in [1.807, 2.05) is 0 Å². The zero-order valence-corrected chi connectivity index (χ0v) is 9.68. The molecule has 14 heavy (non-hydrogen) atoms. The second-order valence-corrected chi connectivity index (χ2v) is 5.22. The van der Waals surface area contributed by atoms with Crippen LogP contribution < -0.4 is 5.32 Å². The van der Waals surface area contributed by atoms with Crippen LogP contribution in [0.5, 0.6) is 0 Å². The molecule has 2 rings (SSSR count). The van der Waals surface area contributed by atoms with Crippen molar-refractivity contribution in [2.75, 3.05) is 20.6 Å². The zero-order valence-electron chi connectivity index (χ0n) is 9.68. The van der Waals surface area contributed by atoms with E-state index >= 15 is 0 Å². The minimum atomic E-state index is 0.531. The Balaban J connectivity index is 1.88. The molecule has 1 aliphatic carbocycles. The van der Waals surface area contributed by atoms with Gasteiger partial charge in [0.15, 0.2) is 0 Å². The number of nitrogens with one attached hydrogen (secondary N) is 1. The van der Waals surface area contributed by atoms with Gasteiger partial charge in [0.2, 0.25) is 0 Å². The molecule has 1 saturated heterocycles. The third kappa shape index (κ3) is 2.29. The highest BCUT2D eigenvalue weighted by molar-refractivity contribution is 5.03. The Kier molecular flexibility index (Phi) is 3.13. The van der Waals surface area contributed by atoms with Crippen LogP contribution in [0, 0.1) is 0 Å². The standard InChI is InChI=1S/C12H24N2/c1-13-12(7-8-12)10-11-6-4-3-5-9-14(11)2/h11,13H,3-10H2,1-2H3. The number of rotatable bonds is 3. The lowest BCUT2D eigenvalue weighted by atomic mass is 10.00. The molecular weight excluding hydrogens is 172 g/mol. The second-order valence-electron chi connectivity index (χ2n) is 5.22. The van der Waals surface area contributed by atoms with Crippen molar-refractivity contribution in [2.45, 2.75) is 56.5 Å². The number of nitrogens with zero attached hydrogens (tertiary/aromatic N) is 1. The molecule has 1 atom stereocenters. The Labute approximate surface area is 88.1 Å². The Bertz CT molecular complexity index is 187. The molecular formula is C12H24N2. The highest BCUT2D eigenvalue weighted by atomic mass is 15.1. The van der Waals surface area contributed by atoms with E-state index in [4.69, 9.17) is 0 Å². The third-order valence-corrected chi connectivity index (χ3v) is 4.18. The van der Waals surface area contributed by atoms with Crippen molar-refractivity contribution in [3.05, 3.63) is 0 Å². The second kappa shape index (κ2) is 4.19. The molecule has 82 valence electrons. The first-order valence-electron chi connectivity index (χ1n) is 6.15. The van der Waals surface area contributed by atoms with Gasteiger partial charge in [-0.05, 0) is 52.7 Å². The van der Waals surface area contributed by atoms with E-state index in [0.717, 1.165) is 6.04 Å². The van der Waals surface area contributed by atoms with Gasteiger partial charge < -0.3 is 10.2 Å². The Morgan fingerprint density at radius 1 is 1.29 bits per heavy atom. The predicted molar refractivity (Wildman–Crippen MR) is 60.5 cm³/mol. The van der Waals surface area contributed by atoms with Crippen LogP contribution in [0.1, 0.15) is 44.9 Å². The summed E-state index contributed by atoms with van der Waals surface area (Å²) >= 11 is 0. The van der Waals surface area contributed by atoms with E-state index in [-0.39, 0.29) is 0 Å². The van der Waals surface area contributed by atoms with Crippen molar-refractivity contribution in [3.8, 4) is 0 Å². The van der Waals surface area contributed by atoms with Crippen molar-refractivity contribution in [3.63, 3.8) is 0 Å². The van der Waals surface area contributed by atoms with Crippen LogP contribution in [0.15, 0.2) is 0 Å². The maximum absolute atomic E-state index is 3.51. The smallest absolute Gasteiger partial charge is 0.0194 e. The molecule has 0 aromatic heterocycles. The molecule has 0 spiro atoms. The molecule has 0 radical (unpaired) electrons. The number of hydrogen-bond donors (Lipinski definition) is 1. The summed E-state index contributed by atoms with van der Waals surface area (Å²) in [7, 11) is 4.44.